The molecule has 0 atom stereocenters. The molecular formula is C12H15BrO2. The lowest BCUT2D eigenvalue weighted by molar-refractivity contribution is -0.170. The van der Waals surface area contributed by atoms with Crippen molar-refractivity contribution in [3.8, 4) is 0 Å². The summed E-state index contributed by atoms with van der Waals surface area (Å²) < 4.78 is 12.6. The molecule has 0 aromatic heterocycles. The van der Waals surface area contributed by atoms with E-state index in [1.165, 1.54) is 0 Å². The maximum Gasteiger partial charge on any atom is 0.194 e. The van der Waals surface area contributed by atoms with Crippen LogP contribution in [0.4, 0.5) is 0 Å². The van der Waals surface area contributed by atoms with Crippen LogP contribution < -0.4 is 0 Å². The highest BCUT2D eigenvalue weighted by molar-refractivity contribution is 9.10. The molecule has 3 heteroatoms. The smallest absolute Gasteiger partial charge is 0.194 e. The van der Waals surface area contributed by atoms with Crippen molar-refractivity contribution in [1.82, 2.24) is 0 Å². The Kier molecular flexibility index (Phi) is 3.44. The van der Waals surface area contributed by atoms with Crippen LogP contribution >= 0.6 is 15.9 Å². The van der Waals surface area contributed by atoms with Gasteiger partial charge in [0.25, 0.3) is 0 Å². The predicted octanol–water partition coefficient (Wildman–Crippen LogP) is 3.45. The van der Waals surface area contributed by atoms with Gasteiger partial charge in [0.2, 0.25) is 0 Å². The minimum absolute atomic E-state index is 0.491. The first-order chi connectivity index (χ1) is 7.27. The fourth-order valence-electron chi connectivity index (χ4n) is 1.94. The van der Waals surface area contributed by atoms with Crippen LogP contribution in [0.15, 0.2) is 28.7 Å². The topological polar surface area (TPSA) is 18.5 Å². The third-order valence-electron chi connectivity index (χ3n) is 2.62. The van der Waals surface area contributed by atoms with Crippen molar-refractivity contribution in [2.75, 3.05) is 13.2 Å². The van der Waals surface area contributed by atoms with Gasteiger partial charge in [-0.05, 0) is 12.1 Å². The number of hydrogen-bond donors (Lipinski definition) is 0. The van der Waals surface area contributed by atoms with Gasteiger partial charge in [0.1, 0.15) is 0 Å². The lowest BCUT2D eigenvalue weighted by atomic mass is 10.0. The van der Waals surface area contributed by atoms with Crippen molar-refractivity contribution in [1.29, 1.82) is 0 Å². The second kappa shape index (κ2) is 4.64. The Hall–Kier alpha value is -0.380. The Morgan fingerprint density at radius 1 is 1.20 bits per heavy atom. The summed E-state index contributed by atoms with van der Waals surface area (Å²) in [7, 11) is 0. The third kappa shape index (κ3) is 2.25. The molecule has 0 aliphatic carbocycles. The minimum atomic E-state index is -0.491. The molecule has 0 N–H and O–H groups in total. The van der Waals surface area contributed by atoms with Crippen LogP contribution in [-0.4, -0.2) is 13.2 Å². The van der Waals surface area contributed by atoms with E-state index in [4.69, 9.17) is 9.47 Å². The van der Waals surface area contributed by atoms with Crippen molar-refractivity contribution in [2.45, 2.75) is 25.6 Å². The zero-order valence-electron chi connectivity index (χ0n) is 8.83. The first-order valence-corrected chi connectivity index (χ1v) is 6.10. The van der Waals surface area contributed by atoms with Gasteiger partial charge in [-0.3, -0.25) is 0 Å². The van der Waals surface area contributed by atoms with Gasteiger partial charge in [-0.2, -0.15) is 0 Å². The van der Waals surface area contributed by atoms with Crippen molar-refractivity contribution < 1.29 is 9.47 Å². The van der Waals surface area contributed by atoms with Crippen molar-refractivity contribution in [3.05, 3.63) is 34.3 Å². The molecule has 0 unspecified atom stereocenters. The van der Waals surface area contributed by atoms with Crippen LogP contribution in [0.2, 0.25) is 0 Å². The lowest BCUT2D eigenvalue weighted by Gasteiger charge is -2.27. The van der Waals surface area contributed by atoms with E-state index < -0.39 is 5.79 Å². The van der Waals surface area contributed by atoms with E-state index in [1.807, 2.05) is 12.1 Å². The van der Waals surface area contributed by atoms with Gasteiger partial charge in [-0.1, -0.05) is 41.4 Å². The van der Waals surface area contributed by atoms with Gasteiger partial charge >= 0.3 is 0 Å². The molecule has 0 spiro atoms. The summed E-state index contributed by atoms with van der Waals surface area (Å²) in [5.41, 5.74) is 1.12. The van der Waals surface area contributed by atoms with E-state index >= 15 is 0 Å². The average molecular weight is 271 g/mol. The van der Waals surface area contributed by atoms with Crippen LogP contribution in [0.1, 0.15) is 25.3 Å². The highest BCUT2D eigenvalue weighted by Gasteiger charge is 2.37. The molecule has 1 aromatic rings. The third-order valence-corrected chi connectivity index (χ3v) is 3.15. The number of hydrogen-bond acceptors (Lipinski definition) is 2. The summed E-state index contributed by atoms with van der Waals surface area (Å²) in [6.45, 7) is 3.53. The zero-order chi connectivity index (χ0) is 10.7. The van der Waals surface area contributed by atoms with E-state index in [0.29, 0.717) is 13.2 Å². The van der Waals surface area contributed by atoms with Crippen LogP contribution in [0.3, 0.4) is 0 Å². The highest BCUT2D eigenvalue weighted by Crippen LogP contribution is 2.36. The summed E-state index contributed by atoms with van der Waals surface area (Å²) in [5.74, 6) is -0.491. The molecule has 1 aliphatic rings. The van der Waals surface area contributed by atoms with Crippen molar-refractivity contribution >= 4 is 15.9 Å². The monoisotopic (exact) mass is 270 g/mol. The molecule has 0 radical (unpaired) electrons. The molecule has 1 aromatic carbocycles. The average Bonchev–Trinajstić information content (AvgIpc) is 2.69. The van der Waals surface area contributed by atoms with Gasteiger partial charge in [0, 0.05) is 16.5 Å². The first kappa shape index (κ1) is 11.1. The largest absolute Gasteiger partial charge is 0.343 e. The summed E-state index contributed by atoms with van der Waals surface area (Å²) >= 11 is 3.43. The Morgan fingerprint density at radius 2 is 1.80 bits per heavy atom. The Bertz CT molecular complexity index is 315. The van der Waals surface area contributed by atoms with E-state index in [0.717, 1.165) is 22.9 Å². The van der Waals surface area contributed by atoms with E-state index in [1.54, 1.807) is 0 Å². The van der Waals surface area contributed by atoms with E-state index in [-0.39, 0.29) is 0 Å². The fourth-order valence-corrected chi connectivity index (χ4v) is 2.21. The Labute approximate surface area is 98.7 Å². The molecule has 1 fully saturated rings. The van der Waals surface area contributed by atoms with Gasteiger partial charge in [0.15, 0.2) is 5.79 Å². The number of benzene rings is 1. The number of ether oxygens (including phenoxy) is 2. The first-order valence-electron chi connectivity index (χ1n) is 5.31. The maximum absolute atomic E-state index is 5.77. The molecule has 1 saturated heterocycles. The SMILES string of the molecule is CCCC1(c2ccc(Br)cc2)OCCO1. The second-order valence-corrected chi connectivity index (χ2v) is 4.62. The fraction of sp³-hybridized carbons (Fsp3) is 0.500. The molecule has 0 amide bonds. The van der Waals surface area contributed by atoms with Gasteiger partial charge < -0.3 is 9.47 Å². The lowest BCUT2D eigenvalue weighted by Crippen LogP contribution is -2.26. The molecular weight excluding hydrogens is 256 g/mol. The van der Waals surface area contributed by atoms with E-state index in [9.17, 15) is 0 Å². The summed E-state index contributed by atoms with van der Waals surface area (Å²) in [5, 5.41) is 0. The van der Waals surface area contributed by atoms with E-state index in [2.05, 4.69) is 35.0 Å². The summed E-state index contributed by atoms with van der Waals surface area (Å²) in [6, 6.07) is 8.17. The normalized spacial score (nSPS) is 19.3. The summed E-state index contributed by atoms with van der Waals surface area (Å²) in [6.07, 6.45) is 1.96. The van der Waals surface area contributed by atoms with Crippen LogP contribution in [0.25, 0.3) is 0 Å². The second-order valence-electron chi connectivity index (χ2n) is 3.71. The van der Waals surface area contributed by atoms with Gasteiger partial charge in [0.05, 0.1) is 13.2 Å². The quantitative estimate of drug-likeness (QED) is 0.838. The zero-order valence-corrected chi connectivity index (χ0v) is 10.4. The highest BCUT2D eigenvalue weighted by atomic mass is 79.9. The van der Waals surface area contributed by atoms with Crippen molar-refractivity contribution in [2.24, 2.45) is 0 Å². The number of halogens is 1. The maximum atomic E-state index is 5.77. The van der Waals surface area contributed by atoms with Gasteiger partial charge in [-0.25, -0.2) is 0 Å². The Morgan fingerprint density at radius 3 is 2.33 bits per heavy atom. The predicted molar refractivity (Wildman–Crippen MR) is 62.6 cm³/mol. The molecule has 0 bridgehead atoms. The van der Waals surface area contributed by atoms with Crippen LogP contribution in [-0.2, 0) is 15.3 Å². The molecule has 0 saturated carbocycles. The standard InChI is InChI=1S/C12H15BrO2/c1-2-7-12(14-8-9-15-12)10-3-5-11(13)6-4-10/h3-6H,2,7-9H2,1H3. The van der Waals surface area contributed by atoms with Crippen LogP contribution in [0, 0.1) is 0 Å². The molecule has 2 nitrogen and oxygen atoms in total. The number of rotatable bonds is 3. The molecule has 1 heterocycles. The van der Waals surface area contributed by atoms with Gasteiger partial charge in [-0.15, -0.1) is 0 Å². The summed E-state index contributed by atoms with van der Waals surface area (Å²) in [4.78, 5) is 0. The molecule has 82 valence electrons. The molecule has 15 heavy (non-hydrogen) atoms. The molecule has 1 aliphatic heterocycles. The Balaban J connectivity index is 2.28. The van der Waals surface area contributed by atoms with Crippen molar-refractivity contribution in [3.63, 3.8) is 0 Å². The molecule has 2 rings (SSSR count). The van der Waals surface area contributed by atoms with Crippen LogP contribution in [0.5, 0.6) is 0 Å². The minimum Gasteiger partial charge on any atom is -0.343 e.